The second-order valence-electron chi connectivity index (χ2n) is 5.66. The van der Waals surface area contributed by atoms with Crippen molar-refractivity contribution in [3.63, 3.8) is 0 Å². The topological polar surface area (TPSA) is 32.3 Å². The van der Waals surface area contributed by atoms with Crippen molar-refractivity contribution < 1.29 is 4.79 Å². The number of hydrogen-bond donors (Lipinski definition) is 1. The zero-order chi connectivity index (χ0) is 13.2. The van der Waals surface area contributed by atoms with Crippen LogP contribution in [0.2, 0.25) is 0 Å². The van der Waals surface area contributed by atoms with Crippen LogP contribution in [0.3, 0.4) is 0 Å². The van der Waals surface area contributed by atoms with Gasteiger partial charge in [-0.2, -0.15) is 0 Å². The molecule has 1 amide bonds. The molecule has 1 heterocycles. The van der Waals surface area contributed by atoms with Crippen LogP contribution in [-0.4, -0.2) is 31.4 Å². The Kier molecular flexibility index (Phi) is 4.33. The van der Waals surface area contributed by atoms with Crippen LogP contribution < -0.4 is 5.32 Å². The van der Waals surface area contributed by atoms with Gasteiger partial charge in [-0.25, -0.2) is 0 Å². The number of nitrogens with one attached hydrogen (secondary N) is 1. The molecule has 0 aliphatic heterocycles. The number of anilines is 1. The number of aryl methyl sites for hydroxylation is 1. The van der Waals surface area contributed by atoms with Crippen LogP contribution in [0.4, 0.5) is 5.00 Å². The monoisotopic (exact) mass is 254 g/mol. The molecule has 1 rings (SSSR count). The maximum absolute atomic E-state index is 11.6. The first-order chi connectivity index (χ1) is 7.70. The van der Waals surface area contributed by atoms with Gasteiger partial charge in [0, 0.05) is 4.88 Å². The Hall–Kier alpha value is -0.870. The summed E-state index contributed by atoms with van der Waals surface area (Å²) in [6, 6.07) is 2.05. The number of likely N-dealkylation sites (N-methyl/N-ethyl adjacent to an activating group) is 1. The number of carbonyl (C=O) groups is 1. The molecule has 3 nitrogen and oxygen atoms in total. The van der Waals surface area contributed by atoms with E-state index in [1.807, 2.05) is 19.0 Å². The van der Waals surface area contributed by atoms with E-state index < -0.39 is 0 Å². The summed E-state index contributed by atoms with van der Waals surface area (Å²) in [4.78, 5) is 14.8. The molecular weight excluding hydrogens is 232 g/mol. The normalized spacial score (nSPS) is 11.9. The lowest BCUT2D eigenvalue weighted by molar-refractivity contribution is -0.116. The molecule has 0 atom stereocenters. The van der Waals surface area contributed by atoms with Gasteiger partial charge in [0.2, 0.25) is 5.91 Å². The molecule has 17 heavy (non-hydrogen) atoms. The molecule has 0 saturated carbocycles. The van der Waals surface area contributed by atoms with E-state index in [1.54, 1.807) is 11.3 Å². The Bertz CT molecular complexity index is 402. The smallest absolute Gasteiger partial charge is 0.239 e. The second-order valence-corrected chi connectivity index (χ2v) is 6.71. The fourth-order valence-corrected chi connectivity index (χ4v) is 2.90. The van der Waals surface area contributed by atoms with Gasteiger partial charge in [-0.1, -0.05) is 20.8 Å². The number of carbonyl (C=O) groups excluding carboxylic acids is 1. The second kappa shape index (κ2) is 5.19. The highest BCUT2D eigenvalue weighted by Gasteiger charge is 2.20. The fraction of sp³-hybridized carbons (Fsp3) is 0.615. The molecule has 0 spiro atoms. The third-order valence-corrected chi connectivity index (χ3v) is 3.90. The molecule has 1 aromatic heterocycles. The van der Waals surface area contributed by atoms with Crippen molar-refractivity contribution in [1.82, 2.24) is 4.90 Å². The minimum absolute atomic E-state index is 0.0386. The van der Waals surface area contributed by atoms with Crippen LogP contribution in [0.25, 0.3) is 0 Å². The van der Waals surface area contributed by atoms with Crippen LogP contribution >= 0.6 is 11.3 Å². The van der Waals surface area contributed by atoms with Crippen molar-refractivity contribution in [2.24, 2.45) is 0 Å². The lowest BCUT2D eigenvalue weighted by Gasteiger charge is -2.17. The van der Waals surface area contributed by atoms with Gasteiger partial charge < -0.3 is 10.2 Å². The summed E-state index contributed by atoms with van der Waals surface area (Å²) < 4.78 is 0. The van der Waals surface area contributed by atoms with E-state index in [2.05, 4.69) is 39.1 Å². The molecular formula is C13H22N2OS. The van der Waals surface area contributed by atoms with E-state index in [0.717, 1.165) is 5.00 Å². The third-order valence-electron chi connectivity index (χ3n) is 2.32. The van der Waals surface area contributed by atoms with Crippen molar-refractivity contribution >= 4 is 22.2 Å². The first-order valence-corrected chi connectivity index (χ1v) is 6.57. The number of nitrogens with zero attached hydrogens (tertiary/aromatic N) is 1. The standard InChI is InChI=1S/C13H22N2OS/c1-9-7-11(14-10(16)8-15(5)6)17-12(9)13(2,3)4/h7H,8H2,1-6H3,(H,14,16). The average Bonchev–Trinajstić information content (AvgIpc) is 2.43. The Morgan fingerprint density at radius 1 is 1.41 bits per heavy atom. The Balaban J connectivity index is 2.78. The van der Waals surface area contributed by atoms with Gasteiger partial charge >= 0.3 is 0 Å². The summed E-state index contributed by atoms with van der Waals surface area (Å²) in [5, 5.41) is 3.89. The van der Waals surface area contributed by atoms with Crippen molar-refractivity contribution in [1.29, 1.82) is 0 Å². The first-order valence-electron chi connectivity index (χ1n) is 5.75. The summed E-state index contributed by atoms with van der Waals surface area (Å²) in [7, 11) is 3.78. The van der Waals surface area contributed by atoms with E-state index >= 15 is 0 Å². The van der Waals surface area contributed by atoms with Crippen molar-refractivity contribution in [2.45, 2.75) is 33.1 Å². The summed E-state index contributed by atoms with van der Waals surface area (Å²) >= 11 is 1.67. The highest BCUT2D eigenvalue weighted by molar-refractivity contribution is 7.16. The lowest BCUT2D eigenvalue weighted by atomic mass is 9.92. The SMILES string of the molecule is Cc1cc(NC(=O)CN(C)C)sc1C(C)(C)C. The number of rotatable bonds is 3. The molecule has 0 aromatic carbocycles. The van der Waals surface area contributed by atoms with Crippen molar-refractivity contribution in [3.05, 3.63) is 16.5 Å². The van der Waals surface area contributed by atoms with E-state index in [1.165, 1.54) is 10.4 Å². The van der Waals surface area contributed by atoms with Crippen LogP contribution in [0.1, 0.15) is 31.2 Å². The maximum Gasteiger partial charge on any atom is 0.239 e. The van der Waals surface area contributed by atoms with Crippen LogP contribution in [0, 0.1) is 6.92 Å². The van der Waals surface area contributed by atoms with E-state index in [-0.39, 0.29) is 11.3 Å². The maximum atomic E-state index is 11.6. The predicted molar refractivity (Wildman–Crippen MR) is 74.9 cm³/mol. The summed E-state index contributed by atoms with van der Waals surface area (Å²) in [5.41, 5.74) is 1.39. The molecule has 0 radical (unpaired) electrons. The molecule has 96 valence electrons. The average molecular weight is 254 g/mol. The minimum atomic E-state index is 0.0386. The fourth-order valence-electron chi connectivity index (χ4n) is 1.75. The minimum Gasteiger partial charge on any atom is -0.317 e. The van der Waals surface area contributed by atoms with Gasteiger partial charge in [-0.15, -0.1) is 11.3 Å². The largest absolute Gasteiger partial charge is 0.317 e. The molecule has 1 N–H and O–H groups in total. The molecule has 0 aliphatic rings. The number of amides is 1. The molecule has 1 aromatic rings. The number of hydrogen-bond acceptors (Lipinski definition) is 3. The van der Waals surface area contributed by atoms with Crippen molar-refractivity contribution in [2.75, 3.05) is 26.0 Å². The van der Waals surface area contributed by atoms with Gasteiger partial charge in [0.25, 0.3) is 0 Å². The molecule has 0 fully saturated rings. The van der Waals surface area contributed by atoms with E-state index in [0.29, 0.717) is 6.54 Å². The van der Waals surface area contributed by atoms with Gasteiger partial charge in [0.05, 0.1) is 11.5 Å². The summed E-state index contributed by atoms with van der Waals surface area (Å²) in [5.74, 6) is 0.0386. The van der Waals surface area contributed by atoms with Crippen LogP contribution in [0.15, 0.2) is 6.07 Å². The van der Waals surface area contributed by atoms with E-state index in [9.17, 15) is 4.79 Å². The quantitative estimate of drug-likeness (QED) is 0.899. The molecule has 4 heteroatoms. The van der Waals surface area contributed by atoms with Gasteiger partial charge in [-0.3, -0.25) is 4.79 Å². The molecule has 0 bridgehead atoms. The summed E-state index contributed by atoms with van der Waals surface area (Å²) in [6.45, 7) is 9.09. The molecule has 0 saturated heterocycles. The molecule has 0 unspecified atom stereocenters. The zero-order valence-electron chi connectivity index (χ0n) is 11.5. The van der Waals surface area contributed by atoms with Crippen LogP contribution in [-0.2, 0) is 10.2 Å². The van der Waals surface area contributed by atoms with Gasteiger partial charge in [0.15, 0.2) is 0 Å². The summed E-state index contributed by atoms with van der Waals surface area (Å²) in [6.07, 6.45) is 0. The first kappa shape index (κ1) is 14.2. The van der Waals surface area contributed by atoms with Gasteiger partial charge in [-0.05, 0) is 38.1 Å². The van der Waals surface area contributed by atoms with E-state index in [4.69, 9.17) is 0 Å². The Morgan fingerprint density at radius 2 is 2.00 bits per heavy atom. The Labute approximate surface area is 108 Å². The van der Waals surface area contributed by atoms with Crippen LogP contribution in [0.5, 0.6) is 0 Å². The lowest BCUT2D eigenvalue weighted by Crippen LogP contribution is -2.26. The highest BCUT2D eigenvalue weighted by atomic mass is 32.1. The Morgan fingerprint density at radius 3 is 2.41 bits per heavy atom. The third kappa shape index (κ3) is 4.13. The zero-order valence-corrected chi connectivity index (χ0v) is 12.4. The van der Waals surface area contributed by atoms with Crippen molar-refractivity contribution in [3.8, 4) is 0 Å². The predicted octanol–water partition coefficient (Wildman–Crippen LogP) is 2.85. The highest BCUT2D eigenvalue weighted by Crippen LogP contribution is 2.35. The molecule has 0 aliphatic carbocycles. The number of thiophene rings is 1. The van der Waals surface area contributed by atoms with Gasteiger partial charge in [0.1, 0.15) is 0 Å².